The molecule has 15 heavy (non-hydrogen) atoms. The zero-order chi connectivity index (χ0) is 10.6. The first-order valence-electron chi connectivity index (χ1n) is 5.02. The molecule has 0 unspecified atom stereocenters. The summed E-state index contributed by atoms with van der Waals surface area (Å²) < 4.78 is 10.7. The molecule has 1 fully saturated rings. The molecule has 0 N–H and O–H groups in total. The first kappa shape index (κ1) is 10.2. The molecule has 0 aliphatic carbocycles. The Bertz CT molecular complexity index is 347. The average molecular weight is 202 g/mol. The van der Waals surface area contributed by atoms with Crippen molar-refractivity contribution in [2.75, 3.05) is 19.8 Å². The molecule has 2 heteroatoms. The van der Waals surface area contributed by atoms with Crippen molar-refractivity contribution in [1.29, 1.82) is 0 Å². The summed E-state index contributed by atoms with van der Waals surface area (Å²) in [7, 11) is 0. The SMILES string of the molecule is C#CC1(COCc2ccccc2)COC1. The number of hydrogen-bond acceptors (Lipinski definition) is 2. The fraction of sp³-hybridized carbons (Fsp3) is 0.385. The van der Waals surface area contributed by atoms with Crippen molar-refractivity contribution in [1.82, 2.24) is 0 Å². The Morgan fingerprint density at radius 1 is 1.33 bits per heavy atom. The summed E-state index contributed by atoms with van der Waals surface area (Å²) in [6.45, 7) is 2.44. The van der Waals surface area contributed by atoms with Crippen LogP contribution in [-0.2, 0) is 16.1 Å². The van der Waals surface area contributed by atoms with Gasteiger partial charge in [-0.1, -0.05) is 36.3 Å². The van der Waals surface area contributed by atoms with Crippen LogP contribution in [0.5, 0.6) is 0 Å². The van der Waals surface area contributed by atoms with Gasteiger partial charge in [-0.25, -0.2) is 0 Å². The van der Waals surface area contributed by atoms with Crippen LogP contribution in [0.25, 0.3) is 0 Å². The molecule has 0 atom stereocenters. The summed E-state index contributed by atoms with van der Waals surface area (Å²) in [5.74, 6) is 2.75. The Kier molecular flexibility index (Phi) is 3.05. The lowest BCUT2D eigenvalue weighted by atomic mass is 9.88. The Morgan fingerprint density at radius 3 is 2.60 bits per heavy atom. The van der Waals surface area contributed by atoms with Crippen molar-refractivity contribution in [3.63, 3.8) is 0 Å². The van der Waals surface area contributed by atoms with Gasteiger partial charge in [-0.2, -0.15) is 0 Å². The minimum absolute atomic E-state index is 0.172. The Hall–Kier alpha value is -1.30. The van der Waals surface area contributed by atoms with Crippen LogP contribution >= 0.6 is 0 Å². The predicted molar refractivity (Wildman–Crippen MR) is 58.2 cm³/mol. The summed E-state index contributed by atoms with van der Waals surface area (Å²) in [5.41, 5.74) is 0.999. The lowest BCUT2D eigenvalue weighted by Gasteiger charge is -2.36. The molecule has 78 valence electrons. The predicted octanol–water partition coefficient (Wildman–Crippen LogP) is 1.85. The van der Waals surface area contributed by atoms with E-state index in [1.807, 2.05) is 30.3 Å². The first-order chi connectivity index (χ1) is 7.35. The molecule has 1 saturated heterocycles. The Balaban J connectivity index is 1.78. The molecule has 0 aromatic heterocycles. The van der Waals surface area contributed by atoms with Crippen LogP contribution in [0.15, 0.2) is 30.3 Å². The number of terminal acetylenes is 1. The monoisotopic (exact) mass is 202 g/mol. The van der Waals surface area contributed by atoms with E-state index in [1.165, 1.54) is 5.56 Å². The number of hydrogen-bond donors (Lipinski definition) is 0. The van der Waals surface area contributed by atoms with Crippen LogP contribution in [-0.4, -0.2) is 19.8 Å². The molecule has 0 bridgehead atoms. The van der Waals surface area contributed by atoms with E-state index in [4.69, 9.17) is 15.9 Å². The van der Waals surface area contributed by atoms with E-state index in [2.05, 4.69) is 5.92 Å². The Morgan fingerprint density at radius 2 is 2.07 bits per heavy atom. The highest BCUT2D eigenvalue weighted by Crippen LogP contribution is 2.26. The van der Waals surface area contributed by atoms with Crippen molar-refractivity contribution < 1.29 is 9.47 Å². The molecular weight excluding hydrogens is 188 g/mol. The number of rotatable bonds is 4. The minimum atomic E-state index is -0.172. The van der Waals surface area contributed by atoms with Gasteiger partial charge in [0.05, 0.1) is 26.4 Å². The lowest BCUT2D eigenvalue weighted by molar-refractivity contribution is -0.116. The highest BCUT2D eigenvalue weighted by atomic mass is 16.5. The molecule has 0 amide bonds. The van der Waals surface area contributed by atoms with Crippen LogP contribution in [0.3, 0.4) is 0 Å². The van der Waals surface area contributed by atoms with Crippen LogP contribution in [0.4, 0.5) is 0 Å². The van der Waals surface area contributed by atoms with Gasteiger partial charge in [-0.05, 0) is 5.56 Å². The Labute approximate surface area is 90.2 Å². The van der Waals surface area contributed by atoms with E-state index in [9.17, 15) is 0 Å². The minimum Gasteiger partial charge on any atom is -0.378 e. The molecule has 0 spiro atoms. The van der Waals surface area contributed by atoms with Crippen molar-refractivity contribution in [3.8, 4) is 12.3 Å². The molecule has 1 aromatic rings. The van der Waals surface area contributed by atoms with E-state index >= 15 is 0 Å². The standard InChI is InChI=1S/C13H14O2/c1-2-13(10-15-11-13)9-14-8-12-6-4-3-5-7-12/h1,3-7H,8-11H2. The lowest BCUT2D eigenvalue weighted by Crippen LogP contribution is -2.45. The van der Waals surface area contributed by atoms with E-state index in [1.54, 1.807) is 0 Å². The summed E-state index contributed by atoms with van der Waals surface area (Å²) in [4.78, 5) is 0. The second-order valence-electron chi connectivity index (χ2n) is 3.90. The second kappa shape index (κ2) is 4.48. The molecular formula is C13H14O2. The maximum absolute atomic E-state index is 5.60. The van der Waals surface area contributed by atoms with Crippen LogP contribution in [0, 0.1) is 17.8 Å². The zero-order valence-corrected chi connectivity index (χ0v) is 8.61. The highest BCUT2D eigenvalue weighted by Gasteiger charge is 2.36. The molecule has 1 heterocycles. The first-order valence-corrected chi connectivity index (χ1v) is 5.02. The maximum Gasteiger partial charge on any atom is 0.101 e. The van der Waals surface area contributed by atoms with Gasteiger partial charge in [0.15, 0.2) is 0 Å². The quantitative estimate of drug-likeness (QED) is 0.694. The summed E-state index contributed by atoms with van der Waals surface area (Å²) in [5, 5.41) is 0. The van der Waals surface area contributed by atoms with Crippen molar-refractivity contribution in [3.05, 3.63) is 35.9 Å². The molecule has 1 aliphatic heterocycles. The fourth-order valence-corrected chi connectivity index (χ4v) is 1.50. The van der Waals surface area contributed by atoms with E-state index in [0.717, 1.165) is 0 Å². The summed E-state index contributed by atoms with van der Waals surface area (Å²) in [6, 6.07) is 10.1. The van der Waals surface area contributed by atoms with Gasteiger partial charge in [0, 0.05) is 0 Å². The maximum atomic E-state index is 5.60. The second-order valence-corrected chi connectivity index (χ2v) is 3.90. The van der Waals surface area contributed by atoms with Gasteiger partial charge in [-0.15, -0.1) is 6.42 Å². The fourth-order valence-electron chi connectivity index (χ4n) is 1.50. The molecule has 0 saturated carbocycles. The van der Waals surface area contributed by atoms with Gasteiger partial charge in [0.2, 0.25) is 0 Å². The van der Waals surface area contributed by atoms with Gasteiger partial charge in [0.1, 0.15) is 5.41 Å². The van der Waals surface area contributed by atoms with Crippen molar-refractivity contribution in [2.24, 2.45) is 5.41 Å². The van der Waals surface area contributed by atoms with Gasteiger partial charge >= 0.3 is 0 Å². The van der Waals surface area contributed by atoms with E-state index in [-0.39, 0.29) is 5.41 Å². The number of ether oxygens (including phenoxy) is 2. The van der Waals surface area contributed by atoms with E-state index < -0.39 is 0 Å². The van der Waals surface area contributed by atoms with Gasteiger partial charge in [-0.3, -0.25) is 0 Å². The highest BCUT2D eigenvalue weighted by molar-refractivity contribution is 5.14. The smallest absolute Gasteiger partial charge is 0.101 e. The van der Waals surface area contributed by atoms with Crippen LogP contribution in [0.2, 0.25) is 0 Å². The third kappa shape index (κ3) is 2.38. The van der Waals surface area contributed by atoms with Gasteiger partial charge in [0.25, 0.3) is 0 Å². The average Bonchev–Trinajstić information content (AvgIpc) is 2.24. The third-order valence-corrected chi connectivity index (χ3v) is 2.55. The van der Waals surface area contributed by atoms with Crippen LogP contribution < -0.4 is 0 Å². The van der Waals surface area contributed by atoms with Crippen LogP contribution in [0.1, 0.15) is 5.56 Å². The number of benzene rings is 1. The zero-order valence-electron chi connectivity index (χ0n) is 8.61. The van der Waals surface area contributed by atoms with Crippen molar-refractivity contribution in [2.45, 2.75) is 6.61 Å². The van der Waals surface area contributed by atoms with Crippen molar-refractivity contribution >= 4 is 0 Å². The molecule has 2 rings (SSSR count). The molecule has 2 nitrogen and oxygen atoms in total. The summed E-state index contributed by atoms with van der Waals surface area (Å²) in [6.07, 6.45) is 5.44. The summed E-state index contributed by atoms with van der Waals surface area (Å²) >= 11 is 0. The largest absolute Gasteiger partial charge is 0.378 e. The molecule has 0 radical (unpaired) electrons. The van der Waals surface area contributed by atoms with E-state index in [0.29, 0.717) is 26.4 Å². The normalized spacial score (nSPS) is 17.8. The topological polar surface area (TPSA) is 18.5 Å². The molecule has 1 aromatic carbocycles. The third-order valence-electron chi connectivity index (χ3n) is 2.55. The molecule has 1 aliphatic rings. The van der Waals surface area contributed by atoms with Gasteiger partial charge < -0.3 is 9.47 Å².